The highest BCUT2D eigenvalue weighted by atomic mass is 16.5. The highest BCUT2D eigenvalue weighted by Crippen LogP contribution is 2.49. The molecular weight excluding hydrogens is 350 g/mol. The van der Waals surface area contributed by atoms with Crippen molar-refractivity contribution in [3.05, 3.63) is 53.6 Å². The Morgan fingerprint density at radius 2 is 1.86 bits per heavy atom. The molecule has 2 N–H and O–H groups in total. The van der Waals surface area contributed by atoms with Crippen LogP contribution in [-0.2, 0) is 10.3 Å². The summed E-state index contributed by atoms with van der Waals surface area (Å²) in [4.78, 5) is 19.3. The summed E-state index contributed by atoms with van der Waals surface area (Å²) in [6, 6.07) is 14.5. The van der Waals surface area contributed by atoms with Gasteiger partial charge in [0.15, 0.2) is 11.5 Å². The predicted octanol–water partition coefficient (Wildman–Crippen LogP) is 4.02. The maximum Gasteiger partial charge on any atom is 0.261 e. The Morgan fingerprint density at radius 3 is 2.50 bits per heavy atom. The lowest BCUT2D eigenvalue weighted by atomic mass is 9.77. The van der Waals surface area contributed by atoms with E-state index < -0.39 is 11.1 Å². The number of rotatable bonds is 2. The average molecular weight is 377 g/mol. The van der Waals surface area contributed by atoms with Crippen molar-refractivity contribution in [2.24, 2.45) is 10.7 Å². The van der Waals surface area contributed by atoms with Crippen LogP contribution in [0, 0.1) is 0 Å². The lowest BCUT2D eigenvalue weighted by molar-refractivity contribution is -0.133. The van der Waals surface area contributed by atoms with Gasteiger partial charge in [-0.05, 0) is 48.6 Å². The van der Waals surface area contributed by atoms with Crippen LogP contribution >= 0.6 is 0 Å². The number of hydrogen-bond donors (Lipinski definition) is 1. The molecule has 4 rings (SSSR count). The number of likely N-dealkylation sites (N-methyl/N-ethyl adjacent to an activating group) is 1. The van der Waals surface area contributed by atoms with Crippen LogP contribution in [-0.4, -0.2) is 29.4 Å². The molecule has 0 saturated heterocycles. The summed E-state index contributed by atoms with van der Waals surface area (Å²) >= 11 is 0. The Bertz CT molecular complexity index is 993. The maximum absolute atomic E-state index is 13.2. The second-order valence-electron chi connectivity index (χ2n) is 8.72. The molecule has 0 fully saturated rings. The van der Waals surface area contributed by atoms with E-state index in [9.17, 15) is 4.79 Å². The number of carbonyl (C=O) groups is 1. The fraction of sp³-hybridized carbons (Fsp3) is 0.391. The van der Waals surface area contributed by atoms with Gasteiger partial charge in [0.1, 0.15) is 11.4 Å². The number of carbonyl (C=O) groups excluding carboxylic acids is 1. The Kier molecular flexibility index (Phi) is 4.03. The van der Waals surface area contributed by atoms with Gasteiger partial charge >= 0.3 is 0 Å². The van der Waals surface area contributed by atoms with Crippen molar-refractivity contribution in [1.29, 1.82) is 0 Å². The lowest BCUT2D eigenvalue weighted by Gasteiger charge is -2.41. The molecule has 2 aliphatic heterocycles. The molecular formula is C23H27N3O2. The van der Waals surface area contributed by atoms with E-state index in [2.05, 4.69) is 43.1 Å². The minimum Gasteiger partial charge on any atom is -0.487 e. The number of fused-ring (bicyclic) bond motifs is 2. The van der Waals surface area contributed by atoms with Gasteiger partial charge in [-0.15, -0.1) is 0 Å². The Balaban J connectivity index is 1.89. The Labute approximate surface area is 166 Å². The summed E-state index contributed by atoms with van der Waals surface area (Å²) in [6.45, 7) is 8.33. The summed E-state index contributed by atoms with van der Waals surface area (Å²) in [6.07, 6.45) is 0.451. The second kappa shape index (κ2) is 6.09. The van der Waals surface area contributed by atoms with Gasteiger partial charge in [0.2, 0.25) is 0 Å². The van der Waals surface area contributed by atoms with Crippen molar-refractivity contribution in [2.75, 3.05) is 7.05 Å². The minimum atomic E-state index is -1.03. The van der Waals surface area contributed by atoms with E-state index >= 15 is 0 Å². The molecule has 0 bridgehead atoms. The van der Waals surface area contributed by atoms with Crippen molar-refractivity contribution in [3.8, 4) is 16.9 Å². The van der Waals surface area contributed by atoms with E-state index in [0.717, 1.165) is 16.7 Å². The summed E-state index contributed by atoms with van der Waals surface area (Å²) in [5.41, 5.74) is 8.72. The normalized spacial score (nSPS) is 23.0. The molecule has 0 aromatic heterocycles. The number of nitrogens with two attached hydrogens (primary N) is 1. The quantitative estimate of drug-likeness (QED) is 0.859. The second-order valence-corrected chi connectivity index (χ2v) is 8.72. The average Bonchev–Trinajstić information content (AvgIpc) is 2.85. The van der Waals surface area contributed by atoms with Crippen LogP contribution < -0.4 is 10.5 Å². The number of amides is 1. The van der Waals surface area contributed by atoms with Crippen LogP contribution in [0.5, 0.6) is 5.75 Å². The summed E-state index contributed by atoms with van der Waals surface area (Å²) in [7, 11) is 1.67. The first-order valence-electron chi connectivity index (χ1n) is 9.70. The standard InChI is InChI=1S/C23H27N3O2/c1-14(2)15-7-6-8-16(11-15)17-9-10-19-18(12-17)23(13-22(3,4)28-19)20(27)26(5)21(24)25-23/h6-12,14H,13H2,1-5H3,(H2,24,25). The van der Waals surface area contributed by atoms with Crippen LogP contribution in [0.4, 0.5) is 0 Å². The molecule has 5 heteroatoms. The number of aliphatic imine (C=N–C) groups is 1. The van der Waals surface area contributed by atoms with E-state index in [1.165, 1.54) is 10.5 Å². The molecule has 1 atom stereocenters. The van der Waals surface area contributed by atoms with Crippen molar-refractivity contribution >= 4 is 11.9 Å². The molecule has 146 valence electrons. The van der Waals surface area contributed by atoms with Gasteiger partial charge in [0.25, 0.3) is 5.91 Å². The van der Waals surface area contributed by atoms with Crippen molar-refractivity contribution < 1.29 is 9.53 Å². The van der Waals surface area contributed by atoms with Crippen molar-refractivity contribution in [3.63, 3.8) is 0 Å². The number of benzene rings is 2. The smallest absolute Gasteiger partial charge is 0.261 e. The highest BCUT2D eigenvalue weighted by molar-refractivity contribution is 6.07. The highest BCUT2D eigenvalue weighted by Gasteiger charge is 2.55. The summed E-state index contributed by atoms with van der Waals surface area (Å²) < 4.78 is 6.20. The topological polar surface area (TPSA) is 67.9 Å². The zero-order valence-corrected chi connectivity index (χ0v) is 17.1. The first-order valence-corrected chi connectivity index (χ1v) is 9.70. The third kappa shape index (κ3) is 2.77. The van der Waals surface area contributed by atoms with Gasteiger partial charge in [0, 0.05) is 19.0 Å². The molecule has 28 heavy (non-hydrogen) atoms. The number of hydrogen-bond acceptors (Lipinski definition) is 4. The van der Waals surface area contributed by atoms with Gasteiger partial charge in [-0.2, -0.15) is 0 Å². The van der Waals surface area contributed by atoms with Crippen LogP contribution in [0.3, 0.4) is 0 Å². The van der Waals surface area contributed by atoms with Crippen molar-refractivity contribution in [1.82, 2.24) is 4.90 Å². The van der Waals surface area contributed by atoms with Crippen LogP contribution in [0.2, 0.25) is 0 Å². The fourth-order valence-electron chi connectivity index (χ4n) is 4.23. The predicted molar refractivity (Wildman–Crippen MR) is 111 cm³/mol. The third-order valence-electron chi connectivity index (χ3n) is 5.69. The van der Waals surface area contributed by atoms with Gasteiger partial charge in [-0.1, -0.05) is 44.2 Å². The molecule has 2 aromatic rings. The van der Waals surface area contributed by atoms with E-state index in [-0.39, 0.29) is 11.9 Å². The molecule has 2 aliphatic rings. The minimum absolute atomic E-state index is 0.101. The van der Waals surface area contributed by atoms with E-state index in [4.69, 9.17) is 10.5 Å². The van der Waals surface area contributed by atoms with Crippen LogP contribution in [0.1, 0.15) is 51.2 Å². The first kappa shape index (κ1) is 18.5. The monoisotopic (exact) mass is 377 g/mol. The lowest BCUT2D eigenvalue weighted by Crippen LogP contribution is -2.49. The molecule has 0 aliphatic carbocycles. The largest absolute Gasteiger partial charge is 0.487 e. The van der Waals surface area contributed by atoms with Gasteiger partial charge < -0.3 is 10.5 Å². The molecule has 1 spiro atoms. The number of nitrogens with zero attached hydrogens (tertiary/aromatic N) is 2. The summed E-state index contributed by atoms with van der Waals surface area (Å²) in [5, 5.41) is 0. The van der Waals surface area contributed by atoms with Crippen LogP contribution in [0.15, 0.2) is 47.5 Å². The fourth-order valence-corrected chi connectivity index (χ4v) is 4.23. The molecule has 2 aromatic carbocycles. The first-order chi connectivity index (χ1) is 13.1. The zero-order chi connectivity index (χ0) is 20.3. The number of guanidine groups is 1. The molecule has 1 amide bonds. The van der Waals surface area contributed by atoms with E-state index in [1.54, 1.807) is 7.05 Å². The van der Waals surface area contributed by atoms with Crippen LogP contribution in [0.25, 0.3) is 11.1 Å². The maximum atomic E-state index is 13.2. The van der Waals surface area contributed by atoms with Gasteiger partial charge in [0.05, 0.1) is 0 Å². The Morgan fingerprint density at radius 1 is 1.14 bits per heavy atom. The molecule has 2 heterocycles. The van der Waals surface area contributed by atoms with Crippen molar-refractivity contribution in [2.45, 2.75) is 51.2 Å². The van der Waals surface area contributed by atoms with E-state index in [1.807, 2.05) is 32.0 Å². The Hall–Kier alpha value is -2.82. The SMILES string of the molecule is CC(C)c1cccc(-c2ccc3c(c2)C2(CC(C)(C)O3)N=C(N)N(C)C2=O)c1. The number of ether oxygens (including phenoxy) is 1. The van der Waals surface area contributed by atoms with Gasteiger partial charge in [-0.25, -0.2) is 4.99 Å². The summed E-state index contributed by atoms with van der Waals surface area (Å²) in [5.74, 6) is 1.29. The zero-order valence-electron chi connectivity index (χ0n) is 17.1. The van der Waals surface area contributed by atoms with Gasteiger partial charge in [-0.3, -0.25) is 9.69 Å². The molecule has 0 saturated carbocycles. The third-order valence-corrected chi connectivity index (χ3v) is 5.69. The molecule has 0 radical (unpaired) electrons. The molecule has 1 unspecified atom stereocenters. The van der Waals surface area contributed by atoms with E-state index in [0.29, 0.717) is 18.1 Å². The molecule has 5 nitrogen and oxygen atoms in total.